The van der Waals surface area contributed by atoms with Gasteiger partial charge in [-0.2, -0.15) is 0 Å². The Kier molecular flexibility index (Phi) is 10.7. The standard InChI is InChI=1S/C16H21N3O4.C12H15N3O2.C11H13N3O2/c1-16(2,3)23-15(20)18-10-13-8-14(18)9-17(13)11-4-6-12(7-5-11)19(21)22;1-13-7-12-6-11(13)8-14(12)9-2-4-10(5-3-9)15(16)17;15-14(16)10-3-1-9(2-4-10)13-7-8-5-11(13)6-12-8/h4-7,13-14H,8-10H2,1-3H3;2-5,11-12H,6-8H2,1H3;1-4,8,11-12H,5-7H2. The summed E-state index contributed by atoms with van der Waals surface area (Å²) < 4.78 is 5.45. The van der Waals surface area contributed by atoms with Crippen LogP contribution in [0.3, 0.4) is 0 Å². The molecule has 17 nitrogen and oxygen atoms in total. The number of rotatable bonds is 6. The number of fused-ring (bicyclic) bond motifs is 6. The first-order valence-corrected chi connectivity index (χ1v) is 19.1. The molecule has 0 saturated carbocycles. The van der Waals surface area contributed by atoms with Gasteiger partial charge in [0.25, 0.3) is 17.1 Å². The monoisotopic (exact) mass is 771 g/mol. The molecule has 56 heavy (non-hydrogen) atoms. The number of non-ortho nitro benzene ring substituents is 3. The van der Waals surface area contributed by atoms with Crippen LogP contribution in [0.15, 0.2) is 72.8 Å². The number of likely N-dealkylation sites (tertiary alicyclic amines) is 2. The molecule has 0 aliphatic carbocycles. The molecule has 6 fully saturated rings. The van der Waals surface area contributed by atoms with Crippen molar-refractivity contribution in [2.45, 2.75) is 81.9 Å². The van der Waals surface area contributed by atoms with Crippen molar-refractivity contribution in [1.29, 1.82) is 0 Å². The van der Waals surface area contributed by atoms with E-state index in [-0.39, 0.29) is 45.1 Å². The number of piperazine rings is 3. The van der Waals surface area contributed by atoms with Gasteiger partial charge in [0.15, 0.2) is 0 Å². The number of hydrogen-bond acceptors (Lipinski definition) is 13. The van der Waals surface area contributed by atoms with E-state index in [1.807, 2.05) is 45.0 Å². The van der Waals surface area contributed by atoms with Crippen molar-refractivity contribution < 1.29 is 24.3 Å². The normalized spacial score (nSPS) is 25.8. The van der Waals surface area contributed by atoms with Crippen molar-refractivity contribution in [3.63, 3.8) is 0 Å². The Morgan fingerprint density at radius 2 is 1.04 bits per heavy atom. The maximum atomic E-state index is 12.2. The van der Waals surface area contributed by atoms with Crippen molar-refractivity contribution in [2.24, 2.45) is 0 Å². The van der Waals surface area contributed by atoms with E-state index in [2.05, 4.69) is 32.0 Å². The molecule has 6 aliphatic heterocycles. The highest BCUT2D eigenvalue weighted by atomic mass is 16.6. The number of ether oxygens (including phenoxy) is 1. The lowest BCUT2D eigenvalue weighted by atomic mass is 10.2. The van der Waals surface area contributed by atoms with Crippen molar-refractivity contribution in [2.75, 3.05) is 61.0 Å². The number of likely N-dealkylation sites (N-methyl/N-ethyl adjacent to an activating group) is 1. The Morgan fingerprint density at radius 1 is 0.607 bits per heavy atom. The number of hydrogen-bond donors (Lipinski definition) is 1. The highest BCUT2D eigenvalue weighted by molar-refractivity contribution is 5.70. The highest BCUT2D eigenvalue weighted by Crippen LogP contribution is 2.37. The zero-order valence-corrected chi connectivity index (χ0v) is 32.1. The Hall–Kier alpha value is -5.55. The Morgan fingerprint density at radius 3 is 1.36 bits per heavy atom. The predicted molar refractivity (Wildman–Crippen MR) is 211 cm³/mol. The van der Waals surface area contributed by atoms with Crippen LogP contribution in [0.4, 0.5) is 38.9 Å². The van der Waals surface area contributed by atoms with Gasteiger partial charge in [0.2, 0.25) is 0 Å². The van der Waals surface area contributed by atoms with Gasteiger partial charge < -0.3 is 29.7 Å². The first kappa shape index (κ1) is 38.7. The van der Waals surface area contributed by atoms with Crippen LogP contribution in [0, 0.1) is 30.3 Å². The summed E-state index contributed by atoms with van der Waals surface area (Å²) in [5, 5.41) is 35.3. The first-order chi connectivity index (χ1) is 26.6. The molecule has 6 heterocycles. The lowest BCUT2D eigenvalue weighted by Crippen LogP contribution is -2.50. The molecule has 1 amide bonds. The predicted octanol–water partition coefficient (Wildman–Crippen LogP) is 5.43. The summed E-state index contributed by atoms with van der Waals surface area (Å²) in [6.45, 7) is 11.1. The molecule has 0 aromatic heterocycles. The molecule has 0 spiro atoms. The molecule has 6 aliphatic rings. The molecular formula is C39H49N9O8. The van der Waals surface area contributed by atoms with E-state index in [9.17, 15) is 35.1 Å². The van der Waals surface area contributed by atoms with Gasteiger partial charge >= 0.3 is 6.09 Å². The molecule has 3 aromatic carbocycles. The van der Waals surface area contributed by atoms with Crippen LogP contribution in [0.1, 0.15) is 40.0 Å². The van der Waals surface area contributed by atoms with Crippen LogP contribution >= 0.6 is 0 Å². The van der Waals surface area contributed by atoms with Crippen LogP contribution in [0.25, 0.3) is 0 Å². The van der Waals surface area contributed by atoms with Crippen LogP contribution in [-0.4, -0.2) is 119 Å². The number of carbonyl (C=O) groups is 1. The molecular weight excluding hydrogens is 722 g/mol. The fourth-order valence-corrected chi connectivity index (χ4v) is 8.88. The second kappa shape index (κ2) is 15.5. The maximum absolute atomic E-state index is 12.2. The minimum atomic E-state index is -0.489. The Labute approximate surface area is 325 Å². The number of amides is 1. The van der Waals surface area contributed by atoms with Crippen LogP contribution < -0.4 is 20.0 Å². The quantitative estimate of drug-likeness (QED) is 0.248. The Bertz CT molecular complexity index is 1920. The van der Waals surface area contributed by atoms with Crippen molar-refractivity contribution in [3.8, 4) is 0 Å². The summed E-state index contributed by atoms with van der Waals surface area (Å²) in [6.07, 6.45) is 3.06. The third-order valence-corrected chi connectivity index (χ3v) is 11.6. The summed E-state index contributed by atoms with van der Waals surface area (Å²) in [4.78, 5) is 54.1. The average Bonchev–Trinajstić information content (AvgIpc) is 4.04. The van der Waals surface area contributed by atoms with E-state index >= 15 is 0 Å². The first-order valence-electron chi connectivity index (χ1n) is 19.1. The molecule has 6 saturated heterocycles. The fourth-order valence-electron chi connectivity index (χ4n) is 8.88. The fraction of sp³-hybridized carbons (Fsp3) is 0.513. The van der Waals surface area contributed by atoms with Gasteiger partial charge in [0, 0.05) is 123 Å². The highest BCUT2D eigenvalue weighted by Gasteiger charge is 2.47. The van der Waals surface area contributed by atoms with Gasteiger partial charge in [-0.15, -0.1) is 0 Å². The summed E-state index contributed by atoms with van der Waals surface area (Å²) in [7, 11) is 2.16. The number of anilines is 3. The van der Waals surface area contributed by atoms with Gasteiger partial charge in [-0.3, -0.25) is 35.2 Å². The third-order valence-electron chi connectivity index (χ3n) is 11.6. The molecule has 17 heteroatoms. The minimum absolute atomic E-state index is 0.0912. The number of nitrogens with zero attached hydrogens (tertiary/aromatic N) is 8. The zero-order valence-electron chi connectivity index (χ0n) is 32.1. The summed E-state index contributed by atoms with van der Waals surface area (Å²) in [5.41, 5.74) is 3.09. The minimum Gasteiger partial charge on any atom is -0.444 e. The number of nitro groups is 3. The van der Waals surface area contributed by atoms with Gasteiger partial charge in [-0.1, -0.05) is 0 Å². The molecule has 6 bridgehead atoms. The van der Waals surface area contributed by atoms with E-state index in [1.165, 1.54) is 25.0 Å². The van der Waals surface area contributed by atoms with E-state index in [0.29, 0.717) is 30.7 Å². The lowest BCUT2D eigenvalue weighted by Gasteiger charge is -2.36. The number of nitrogens with one attached hydrogen (secondary N) is 1. The van der Waals surface area contributed by atoms with E-state index in [1.54, 1.807) is 41.3 Å². The van der Waals surface area contributed by atoms with Gasteiger partial charge in [0.1, 0.15) is 5.60 Å². The van der Waals surface area contributed by atoms with E-state index in [4.69, 9.17) is 4.74 Å². The van der Waals surface area contributed by atoms with Crippen molar-refractivity contribution >= 4 is 40.2 Å². The topological polar surface area (TPSA) is 184 Å². The van der Waals surface area contributed by atoms with E-state index < -0.39 is 10.5 Å². The van der Waals surface area contributed by atoms with Crippen molar-refractivity contribution in [1.82, 2.24) is 15.1 Å². The SMILES string of the molecule is CC(C)(C)OC(=O)N1CC2CC1CN2c1ccc([N+](=O)[O-])cc1.CN1CC2CC1CN2c1ccc([N+](=O)[O-])cc1.O=[N+]([O-])c1ccc(N2CC3CC2CN3)cc1. The second-order valence-corrected chi connectivity index (χ2v) is 16.4. The molecule has 0 radical (unpaired) electrons. The van der Waals surface area contributed by atoms with Gasteiger partial charge in [0.05, 0.1) is 20.8 Å². The van der Waals surface area contributed by atoms with Gasteiger partial charge in [-0.25, -0.2) is 4.79 Å². The number of carbonyl (C=O) groups excluding carboxylic acids is 1. The molecule has 1 N–H and O–H groups in total. The lowest BCUT2D eigenvalue weighted by molar-refractivity contribution is -0.385. The van der Waals surface area contributed by atoms with Gasteiger partial charge in [-0.05, 0) is 83.5 Å². The summed E-state index contributed by atoms with van der Waals surface area (Å²) in [5.74, 6) is 0. The third kappa shape index (κ3) is 8.33. The molecule has 298 valence electrons. The second-order valence-electron chi connectivity index (χ2n) is 16.4. The van der Waals surface area contributed by atoms with Crippen LogP contribution in [-0.2, 0) is 4.74 Å². The molecule has 9 rings (SSSR count). The molecule has 3 aromatic rings. The van der Waals surface area contributed by atoms with Crippen LogP contribution in [0.2, 0.25) is 0 Å². The smallest absolute Gasteiger partial charge is 0.410 e. The van der Waals surface area contributed by atoms with Crippen LogP contribution in [0.5, 0.6) is 0 Å². The zero-order chi connectivity index (χ0) is 39.9. The average molecular weight is 772 g/mol. The number of nitro benzene ring substituents is 3. The molecule has 6 atom stereocenters. The largest absolute Gasteiger partial charge is 0.444 e. The number of benzene rings is 3. The summed E-state index contributed by atoms with van der Waals surface area (Å²) >= 11 is 0. The van der Waals surface area contributed by atoms with Crippen molar-refractivity contribution in [3.05, 3.63) is 103 Å². The summed E-state index contributed by atoms with van der Waals surface area (Å²) in [6, 6.07) is 23.1. The van der Waals surface area contributed by atoms with E-state index in [0.717, 1.165) is 56.2 Å². The Balaban J connectivity index is 0.000000131. The maximum Gasteiger partial charge on any atom is 0.410 e. The molecule has 6 unspecified atom stereocenters.